The van der Waals surface area contributed by atoms with E-state index in [2.05, 4.69) is 30.9 Å². The Morgan fingerprint density at radius 1 is 1.39 bits per heavy atom. The van der Waals surface area contributed by atoms with Crippen LogP contribution in [-0.4, -0.2) is 15.4 Å². The van der Waals surface area contributed by atoms with Crippen LogP contribution < -0.4 is 5.73 Å². The van der Waals surface area contributed by atoms with Crippen molar-refractivity contribution in [2.75, 3.05) is 0 Å². The lowest BCUT2D eigenvalue weighted by atomic mass is 9.87. The van der Waals surface area contributed by atoms with Crippen molar-refractivity contribution >= 4 is 11.8 Å². The Hall–Kier alpha value is -0.550. The number of nitrogens with zero attached hydrogens (tertiary/aromatic N) is 2. The van der Waals surface area contributed by atoms with Gasteiger partial charge in [-0.1, -0.05) is 38.8 Å². The molecular weight excluding hydrogens is 246 g/mol. The van der Waals surface area contributed by atoms with Crippen LogP contribution in [0.25, 0.3) is 0 Å². The van der Waals surface area contributed by atoms with Crippen LogP contribution >= 0.6 is 11.8 Å². The highest BCUT2D eigenvalue weighted by Crippen LogP contribution is 2.32. The maximum Gasteiger partial charge on any atom is 0.244 e. The van der Waals surface area contributed by atoms with Crippen LogP contribution in [0.15, 0.2) is 4.52 Å². The zero-order chi connectivity index (χ0) is 13.2. The fourth-order valence-electron chi connectivity index (χ4n) is 2.07. The minimum Gasteiger partial charge on any atom is -0.338 e. The lowest BCUT2D eigenvalue weighted by Crippen LogP contribution is -2.26. The number of hydrogen-bond acceptors (Lipinski definition) is 5. The maximum absolute atomic E-state index is 6.10. The average molecular weight is 269 g/mol. The van der Waals surface area contributed by atoms with Crippen molar-refractivity contribution in [2.24, 2.45) is 11.1 Å². The lowest BCUT2D eigenvalue weighted by molar-refractivity contribution is 0.252. The molecule has 0 aliphatic heterocycles. The summed E-state index contributed by atoms with van der Waals surface area (Å²) in [7, 11) is 0. The van der Waals surface area contributed by atoms with Crippen molar-refractivity contribution in [1.29, 1.82) is 0 Å². The van der Waals surface area contributed by atoms with Gasteiger partial charge in [0.25, 0.3) is 0 Å². The van der Waals surface area contributed by atoms with E-state index in [0.29, 0.717) is 5.89 Å². The number of nitrogens with two attached hydrogens (primary N) is 1. The molecule has 2 N–H and O–H groups in total. The third kappa shape index (κ3) is 3.48. The van der Waals surface area contributed by atoms with Gasteiger partial charge in [0.15, 0.2) is 5.82 Å². The zero-order valence-corrected chi connectivity index (χ0v) is 12.3. The molecule has 1 atom stereocenters. The van der Waals surface area contributed by atoms with E-state index in [9.17, 15) is 0 Å². The summed E-state index contributed by atoms with van der Waals surface area (Å²) in [4.78, 5) is 4.41. The number of thioether (sulfide) groups is 1. The summed E-state index contributed by atoms with van der Waals surface area (Å²) in [6.45, 7) is 6.23. The second kappa shape index (κ2) is 5.61. The molecule has 0 bridgehead atoms. The Kier molecular flexibility index (Phi) is 4.33. The molecule has 2 rings (SSSR count). The predicted molar refractivity (Wildman–Crippen MR) is 74.2 cm³/mol. The fraction of sp³-hybridized carbons (Fsp3) is 0.846. The molecular formula is C13H23N3OS. The van der Waals surface area contributed by atoms with Gasteiger partial charge in [-0.25, -0.2) is 0 Å². The molecule has 1 aliphatic rings. The molecule has 1 saturated carbocycles. The van der Waals surface area contributed by atoms with Gasteiger partial charge in [0.1, 0.15) is 0 Å². The van der Waals surface area contributed by atoms with Gasteiger partial charge >= 0.3 is 0 Å². The van der Waals surface area contributed by atoms with E-state index in [1.807, 2.05) is 11.8 Å². The Morgan fingerprint density at radius 3 is 2.67 bits per heavy atom. The van der Waals surface area contributed by atoms with Gasteiger partial charge in [0, 0.05) is 5.25 Å². The Bertz CT molecular complexity index is 380. The molecule has 1 heterocycles. The van der Waals surface area contributed by atoms with Gasteiger partial charge in [-0.15, -0.1) is 0 Å². The molecule has 0 saturated heterocycles. The molecule has 1 aliphatic carbocycles. The second-order valence-electron chi connectivity index (χ2n) is 6.11. The summed E-state index contributed by atoms with van der Waals surface area (Å²) in [6, 6.07) is -0.199. The molecule has 0 radical (unpaired) electrons. The molecule has 1 fully saturated rings. The van der Waals surface area contributed by atoms with E-state index in [-0.39, 0.29) is 11.5 Å². The van der Waals surface area contributed by atoms with E-state index in [1.54, 1.807) is 0 Å². The van der Waals surface area contributed by atoms with Gasteiger partial charge < -0.3 is 10.3 Å². The zero-order valence-electron chi connectivity index (χ0n) is 11.5. The van der Waals surface area contributed by atoms with E-state index >= 15 is 0 Å². The molecule has 4 nitrogen and oxygen atoms in total. The maximum atomic E-state index is 6.10. The van der Waals surface area contributed by atoms with Crippen LogP contribution in [0.5, 0.6) is 0 Å². The van der Waals surface area contributed by atoms with Crippen molar-refractivity contribution in [3.05, 3.63) is 11.7 Å². The van der Waals surface area contributed by atoms with E-state index in [0.717, 1.165) is 16.8 Å². The monoisotopic (exact) mass is 269 g/mol. The highest BCUT2D eigenvalue weighted by atomic mass is 32.2. The summed E-state index contributed by atoms with van der Waals surface area (Å²) in [5.74, 6) is 2.18. The number of hydrogen-bond donors (Lipinski definition) is 1. The topological polar surface area (TPSA) is 64.9 Å². The standard InChI is InChI=1S/C13H23N3OS/c1-13(2,3)11(14)12-15-10(16-17-12)8-18-9-6-4-5-7-9/h9,11H,4-8,14H2,1-3H3. The first-order valence-electron chi connectivity index (χ1n) is 6.66. The second-order valence-corrected chi connectivity index (χ2v) is 7.40. The normalized spacial score (nSPS) is 19.3. The molecule has 102 valence electrons. The summed E-state index contributed by atoms with van der Waals surface area (Å²) >= 11 is 1.94. The van der Waals surface area contributed by atoms with Crippen molar-refractivity contribution in [1.82, 2.24) is 10.1 Å². The number of rotatable bonds is 4. The van der Waals surface area contributed by atoms with Gasteiger partial charge in [-0.3, -0.25) is 0 Å². The summed E-state index contributed by atoms with van der Waals surface area (Å²) in [5.41, 5.74) is 6.05. The van der Waals surface area contributed by atoms with Crippen molar-refractivity contribution in [3.8, 4) is 0 Å². The highest BCUT2D eigenvalue weighted by molar-refractivity contribution is 7.99. The van der Waals surface area contributed by atoms with Crippen molar-refractivity contribution in [3.63, 3.8) is 0 Å². The van der Waals surface area contributed by atoms with Crippen LogP contribution in [0.1, 0.15) is 64.2 Å². The van der Waals surface area contributed by atoms with E-state index in [1.165, 1.54) is 25.7 Å². The highest BCUT2D eigenvalue weighted by Gasteiger charge is 2.27. The first kappa shape index (κ1) is 13.9. The molecule has 1 unspecified atom stereocenters. The molecule has 0 amide bonds. The summed E-state index contributed by atoms with van der Waals surface area (Å²) in [6.07, 6.45) is 5.39. The largest absolute Gasteiger partial charge is 0.338 e. The van der Waals surface area contributed by atoms with Gasteiger partial charge in [0.05, 0.1) is 11.8 Å². The Labute approximate surface area is 113 Å². The van der Waals surface area contributed by atoms with Crippen LogP contribution in [0.2, 0.25) is 0 Å². The first-order valence-corrected chi connectivity index (χ1v) is 7.71. The minimum atomic E-state index is -0.199. The van der Waals surface area contributed by atoms with Gasteiger partial charge in [-0.2, -0.15) is 16.7 Å². The van der Waals surface area contributed by atoms with Crippen molar-refractivity contribution < 1.29 is 4.52 Å². The molecule has 1 aromatic heterocycles. The number of aromatic nitrogens is 2. The molecule has 0 aromatic carbocycles. The van der Waals surface area contributed by atoms with Crippen LogP contribution in [-0.2, 0) is 5.75 Å². The van der Waals surface area contributed by atoms with Crippen LogP contribution in [0.3, 0.4) is 0 Å². The third-order valence-electron chi connectivity index (χ3n) is 3.43. The summed E-state index contributed by atoms with van der Waals surface area (Å²) < 4.78 is 5.27. The van der Waals surface area contributed by atoms with Crippen LogP contribution in [0.4, 0.5) is 0 Å². The molecule has 0 spiro atoms. The third-order valence-corrected chi connectivity index (χ3v) is 4.80. The van der Waals surface area contributed by atoms with Crippen LogP contribution in [0, 0.1) is 5.41 Å². The SMILES string of the molecule is CC(C)(C)C(N)c1nc(CSC2CCCC2)no1. The Morgan fingerprint density at radius 2 is 2.06 bits per heavy atom. The van der Waals surface area contributed by atoms with E-state index in [4.69, 9.17) is 10.3 Å². The average Bonchev–Trinajstić information content (AvgIpc) is 2.95. The minimum absolute atomic E-state index is 0.0532. The lowest BCUT2D eigenvalue weighted by Gasteiger charge is -2.23. The van der Waals surface area contributed by atoms with Gasteiger partial charge in [0.2, 0.25) is 5.89 Å². The van der Waals surface area contributed by atoms with Crippen molar-refractivity contribution in [2.45, 2.75) is 63.5 Å². The predicted octanol–water partition coefficient (Wildman–Crippen LogP) is 3.29. The van der Waals surface area contributed by atoms with Gasteiger partial charge in [-0.05, 0) is 18.3 Å². The van der Waals surface area contributed by atoms with E-state index < -0.39 is 0 Å². The smallest absolute Gasteiger partial charge is 0.244 e. The quantitative estimate of drug-likeness (QED) is 0.908. The molecule has 5 heteroatoms. The Balaban J connectivity index is 1.89. The fourth-order valence-corrected chi connectivity index (χ4v) is 3.24. The first-order chi connectivity index (χ1) is 8.47. The molecule has 18 heavy (non-hydrogen) atoms. The molecule has 1 aromatic rings. The summed E-state index contributed by atoms with van der Waals surface area (Å²) in [5, 5.41) is 4.81.